The predicted octanol–water partition coefficient (Wildman–Crippen LogP) is 3.47. The molecular weight excluding hydrogens is 252 g/mol. The first-order valence-electron chi connectivity index (χ1n) is 6.91. The molecule has 106 valence electrons. The Morgan fingerprint density at radius 2 is 1.95 bits per heavy atom. The van der Waals surface area contributed by atoms with Crippen molar-refractivity contribution in [2.24, 2.45) is 5.92 Å². The minimum Gasteiger partial charge on any atom is -0.477 e. The van der Waals surface area contributed by atoms with Crippen molar-refractivity contribution in [2.75, 3.05) is 0 Å². The van der Waals surface area contributed by atoms with Gasteiger partial charge in [-0.3, -0.25) is 4.68 Å². The molecule has 1 N–H and O–H groups in total. The number of rotatable bonds is 5. The van der Waals surface area contributed by atoms with E-state index in [0.717, 1.165) is 12.0 Å². The Morgan fingerprint density at radius 3 is 2.40 bits per heavy atom. The zero-order chi connectivity index (χ0) is 14.7. The number of carbonyl (C=O) groups is 1. The molecule has 0 bridgehead atoms. The fraction of sp³-hybridized carbons (Fsp3) is 0.375. The van der Waals surface area contributed by atoms with Gasteiger partial charge < -0.3 is 5.11 Å². The Hall–Kier alpha value is -2.10. The minimum atomic E-state index is -0.943. The van der Waals surface area contributed by atoms with Crippen LogP contribution in [-0.2, 0) is 13.0 Å². The molecule has 0 amide bonds. The Labute approximate surface area is 119 Å². The van der Waals surface area contributed by atoms with E-state index in [2.05, 4.69) is 31.1 Å². The average molecular weight is 272 g/mol. The van der Waals surface area contributed by atoms with E-state index in [9.17, 15) is 4.79 Å². The summed E-state index contributed by atoms with van der Waals surface area (Å²) in [6.07, 6.45) is 1.05. The van der Waals surface area contributed by atoms with E-state index in [1.807, 2.05) is 19.1 Å². The number of hydrogen-bond donors (Lipinski definition) is 1. The largest absolute Gasteiger partial charge is 0.477 e. The van der Waals surface area contributed by atoms with Gasteiger partial charge in [-0.15, -0.1) is 0 Å². The van der Waals surface area contributed by atoms with Gasteiger partial charge in [-0.25, -0.2) is 4.79 Å². The van der Waals surface area contributed by atoms with E-state index in [1.165, 1.54) is 10.2 Å². The highest BCUT2D eigenvalue weighted by atomic mass is 16.4. The molecule has 4 nitrogen and oxygen atoms in total. The summed E-state index contributed by atoms with van der Waals surface area (Å²) in [5, 5.41) is 13.5. The summed E-state index contributed by atoms with van der Waals surface area (Å²) in [5.41, 5.74) is 3.18. The molecule has 0 saturated heterocycles. The minimum absolute atomic E-state index is 0.230. The maximum absolute atomic E-state index is 11.1. The zero-order valence-electron chi connectivity index (χ0n) is 12.1. The lowest BCUT2D eigenvalue weighted by Gasteiger charge is -2.05. The second-order valence-electron chi connectivity index (χ2n) is 5.33. The van der Waals surface area contributed by atoms with E-state index < -0.39 is 5.97 Å². The van der Waals surface area contributed by atoms with Crippen LogP contribution < -0.4 is 0 Å². The quantitative estimate of drug-likeness (QED) is 0.906. The van der Waals surface area contributed by atoms with E-state index in [-0.39, 0.29) is 5.69 Å². The highest BCUT2D eigenvalue weighted by molar-refractivity contribution is 5.87. The molecule has 0 fully saturated rings. The summed E-state index contributed by atoms with van der Waals surface area (Å²) >= 11 is 0. The molecule has 0 aliphatic carbocycles. The normalized spacial score (nSPS) is 11.0. The third-order valence-corrected chi connectivity index (χ3v) is 3.19. The number of hydrogen-bond acceptors (Lipinski definition) is 2. The Kier molecular flexibility index (Phi) is 4.23. The van der Waals surface area contributed by atoms with Crippen molar-refractivity contribution in [1.29, 1.82) is 0 Å². The summed E-state index contributed by atoms with van der Waals surface area (Å²) < 4.78 is 1.51. The monoisotopic (exact) mass is 272 g/mol. The third-order valence-electron chi connectivity index (χ3n) is 3.19. The van der Waals surface area contributed by atoms with Crippen molar-refractivity contribution < 1.29 is 9.90 Å². The summed E-state index contributed by atoms with van der Waals surface area (Å²) in [6.45, 7) is 6.81. The maximum Gasteiger partial charge on any atom is 0.354 e. The first-order chi connectivity index (χ1) is 9.51. The summed E-state index contributed by atoms with van der Waals surface area (Å²) in [5.74, 6) is -0.319. The third kappa shape index (κ3) is 3.07. The number of aryl methyl sites for hydroxylation is 1. The Morgan fingerprint density at radius 1 is 1.30 bits per heavy atom. The SMILES string of the molecule is CCn1nc(-c2ccc(CC(C)C)cc2)cc1C(=O)O. The van der Waals surface area contributed by atoms with E-state index in [4.69, 9.17) is 5.11 Å². The molecule has 0 unspecified atom stereocenters. The number of carboxylic acid groups (broad SMARTS) is 1. The van der Waals surface area contributed by atoms with E-state index in [0.29, 0.717) is 18.2 Å². The molecule has 0 saturated carbocycles. The number of carboxylic acids is 1. The van der Waals surface area contributed by atoms with Crippen LogP contribution in [-0.4, -0.2) is 20.9 Å². The van der Waals surface area contributed by atoms with Crippen LogP contribution >= 0.6 is 0 Å². The molecule has 0 spiro atoms. The molecule has 2 rings (SSSR count). The molecule has 2 aromatic rings. The summed E-state index contributed by atoms with van der Waals surface area (Å²) in [7, 11) is 0. The standard InChI is InChI=1S/C16H20N2O2/c1-4-18-15(16(19)20)10-14(17-18)13-7-5-12(6-8-13)9-11(2)3/h5-8,10-11H,4,9H2,1-3H3,(H,19,20). The second kappa shape index (κ2) is 5.90. The van der Waals surface area contributed by atoms with Crippen molar-refractivity contribution in [3.8, 4) is 11.3 Å². The molecule has 20 heavy (non-hydrogen) atoms. The van der Waals surface area contributed by atoms with Crippen LogP contribution in [0, 0.1) is 5.92 Å². The molecule has 1 aromatic carbocycles. The lowest BCUT2D eigenvalue weighted by atomic mass is 10.0. The van der Waals surface area contributed by atoms with E-state index >= 15 is 0 Å². The van der Waals surface area contributed by atoms with Gasteiger partial charge in [-0.2, -0.15) is 5.10 Å². The highest BCUT2D eigenvalue weighted by Gasteiger charge is 2.14. The van der Waals surface area contributed by atoms with Crippen molar-refractivity contribution in [3.63, 3.8) is 0 Å². The topological polar surface area (TPSA) is 55.1 Å². The molecule has 1 heterocycles. The summed E-state index contributed by atoms with van der Waals surface area (Å²) in [4.78, 5) is 11.1. The van der Waals surface area contributed by atoms with Crippen molar-refractivity contribution in [3.05, 3.63) is 41.6 Å². The van der Waals surface area contributed by atoms with Crippen molar-refractivity contribution in [1.82, 2.24) is 9.78 Å². The number of benzene rings is 1. The van der Waals surface area contributed by atoms with Gasteiger partial charge in [-0.1, -0.05) is 38.1 Å². The van der Waals surface area contributed by atoms with Gasteiger partial charge in [0.1, 0.15) is 5.69 Å². The number of aromatic nitrogens is 2. The van der Waals surface area contributed by atoms with Gasteiger partial charge in [0.25, 0.3) is 0 Å². The van der Waals surface area contributed by atoms with Crippen LogP contribution in [0.2, 0.25) is 0 Å². The van der Waals surface area contributed by atoms with Gasteiger partial charge in [0, 0.05) is 12.1 Å². The number of aromatic carboxylic acids is 1. The van der Waals surface area contributed by atoms with Crippen LogP contribution in [0.25, 0.3) is 11.3 Å². The predicted molar refractivity (Wildman–Crippen MR) is 78.8 cm³/mol. The Bertz CT molecular complexity index is 597. The fourth-order valence-corrected chi connectivity index (χ4v) is 2.25. The van der Waals surface area contributed by atoms with Gasteiger partial charge in [0.2, 0.25) is 0 Å². The molecule has 0 radical (unpaired) electrons. The second-order valence-corrected chi connectivity index (χ2v) is 5.33. The highest BCUT2D eigenvalue weighted by Crippen LogP contribution is 2.21. The zero-order valence-corrected chi connectivity index (χ0v) is 12.1. The summed E-state index contributed by atoms with van der Waals surface area (Å²) in [6, 6.07) is 9.81. The van der Waals surface area contributed by atoms with Gasteiger partial charge in [0.05, 0.1) is 5.69 Å². The molecule has 0 aliphatic rings. The molecule has 1 aromatic heterocycles. The smallest absolute Gasteiger partial charge is 0.354 e. The maximum atomic E-state index is 11.1. The van der Waals surface area contributed by atoms with Crippen molar-refractivity contribution >= 4 is 5.97 Å². The average Bonchev–Trinajstić information content (AvgIpc) is 2.83. The lowest BCUT2D eigenvalue weighted by molar-refractivity contribution is 0.0683. The van der Waals surface area contributed by atoms with Crippen LogP contribution in [0.5, 0.6) is 0 Å². The lowest BCUT2D eigenvalue weighted by Crippen LogP contribution is -2.07. The molecular formula is C16H20N2O2. The molecule has 0 atom stereocenters. The first-order valence-corrected chi connectivity index (χ1v) is 6.91. The van der Waals surface area contributed by atoms with Gasteiger partial charge in [0.15, 0.2) is 0 Å². The van der Waals surface area contributed by atoms with Gasteiger partial charge >= 0.3 is 5.97 Å². The molecule has 4 heteroatoms. The van der Waals surface area contributed by atoms with Gasteiger partial charge in [-0.05, 0) is 30.9 Å². The van der Waals surface area contributed by atoms with E-state index in [1.54, 1.807) is 6.07 Å². The fourth-order valence-electron chi connectivity index (χ4n) is 2.25. The Balaban J connectivity index is 2.29. The van der Waals surface area contributed by atoms with Crippen LogP contribution in [0.3, 0.4) is 0 Å². The van der Waals surface area contributed by atoms with Crippen LogP contribution in [0.4, 0.5) is 0 Å². The van der Waals surface area contributed by atoms with Crippen molar-refractivity contribution in [2.45, 2.75) is 33.7 Å². The van der Waals surface area contributed by atoms with Crippen LogP contribution in [0.1, 0.15) is 36.8 Å². The van der Waals surface area contributed by atoms with Crippen LogP contribution in [0.15, 0.2) is 30.3 Å². The molecule has 0 aliphatic heterocycles. The number of nitrogens with zero attached hydrogens (tertiary/aromatic N) is 2. The first kappa shape index (κ1) is 14.3.